The molecular formula is C17H38N2. The number of hydrogen-bond acceptors (Lipinski definition) is 2. The molecular weight excluding hydrogens is 232 g/mol. The van der Waals surface area contributed by atoms with Gasteiger partial charge in [0.2, 0.25) is 0 Å². The Morgan fingerprint density at radius 1 is 0.579 bits per heavy atom. The van der Waals surface area contributed by atoms with Gasteiger partial charge in [-0.2, -0.15) is 0 Å². The van der Waals surface area contributed by atoms with E-state index in [4.69, 9.17) is 0 Å². The summed E-state index contributed by atoms with van der Waals surface area (Å²) in [5, 5.41) is 0. The lowest BCUT2D eigenvalue weighted by molar-refractivity contribution is 0.0755. The SMILES string of the molecule is CC(C)C(CC(C(C)C)N(C)C(C)C)N(C)C(C)C. The van der Waals surface area contributed by atoms with Crippen LogP contribution in [0.25, 0.3) is 0 Å². The van der Waals surface area contributed by atoms with Gasteiger partial charge in [-0.25, -0.2) is 0 Å². The quantitative estimate of drug-likeness (QED) is 0.655. The molecule has 0 aliphatic rings. The Labute approximate surface area is 122 Å². The second-order valence-electron chi connectivity index (χ2n) is 7.38. The highest BCUT2D eigenvalue weighted by Gasteiger charge is 2.29. The van der Waals surface area contributed by atoms with Gasteiger partial charge >= 0.3 is 0 Å². The first-order valence-corrected chi connectivity index (χ1v) is 8.03. The van der Waals surface area contributed by atoms with Crippen LogP contribution in [0.5, 0.6) is 0 Å². The Balaban J connectivity index is 4.96. The third kappa shape index (κ3) is 5.83. The average Bonchev–Trinajstić information content (AvgIpc) is 2.27. The summed E-state index contributed by atoms with van der Waals surface area (Å²) in [6.07, 6.45) is 1.26. The lowest BCUT2D eigenvalue weighted by atomic mass is 9.88. The van der Waals surface area contributed by atoms with E-state index in [1.165, 1.54) is 6.42 Å². The largest absolute Gasteiger partial charge is 0.301 e. The van der Waals surface area contributed by atoms with Crippen LogP contribution in [-0.4, -0.2) is 48.1 Å². The van der Waals surface area contributed by atoms with Gasteiger partial charge in [-0.15, -0.1) is 0 Å². The Hall–Kier alpha value is -0.0800. The molecule has 0 saturated heterocycles. The minimum absolute atomic E-state index is 0.615. The van der Waals surface area contributed by atoms with Gasteiger partial charge in [0.15, 0.2) is 0 Å². The summed E-state index contributed by atoms with van der Waals surface area (Å²) in [4.78, 5) is 5.10. The third-order valence-electron chi connectivity index (χ3n) is 4.70. The molecule has 0 aromatic rings. The molecule has 0 fully saturated rings. The Bertz CT molecular complexity index is 209. The van der Waals surface area contributed by atoms with Crippen LogP contribution in [0.4, 0.5) is 0 Å². The second-order valence-corrected chi connectivity index (χ2v) is 7.38. The smallest absolute Gasteiger partial charge is 0.0133 e. The molecule has 0 bridgehead atoms. The third-order valence-corrected chi connectivity index (χ3v) is 4.70. The summed E-state index contributed by atoms with van der Waals surface area (Å²) in [7, 11) is 4.56. The van der Waals surface area contributed by atoms with Crippen LogP contribution < -0.4 is 0 Å². The summed E-state index contributed by atoms with van der Waals surface area (Å²) >= 11 is 0. The number of rotatable bonds is 8. The van der Waals surface area contributed by atoms with Gasteiger partial charge in [-0.1, -0.05) is 27.7 Å². The normalized spacial score (nSPS) is 16.4. The zero-order valence-electron chi connectivity index (χ0n) is 15.1. The van der Waals surface area contributed by atoms with Crippen molar-refractivity contribution >= 4 is 0 Å². The fourth-order valence-corrected chi connectivity index (χ4v) is 2.83. The minimum Gasteiger partial charge on any atom is -0.301 e. The molecule has 0 aromatic carbocycles. The predicted octanol–water partition coefficient (Wildman–Crippen LogP) is 4.11. The second kappa shape index (κ2) is 8.26. The van der Waals surface area contributed by atoms with E-state index in [2.05, 4.69) is 79.3 Å². The highest BCUT2D eigenvalue weighted by Crippen LogP contribution is 2.24. The van der Waals surface area contributed by atoms with Crippen LogP contribution in [0.3, 0.4) is 0 Å². The number of hydrogen-bond donors (Lipinski definition) is 0. The van der Waals surface area contributed by atoms with Gasteiger partial charge in [-0.3, -0.25) is 0 Å². The fraction of sp³-hybridized carbons (Fsp3) is 1.00. The van der Waals surface area contributed by atoms with Crippen molar-refractivity contribution in [3.63, 3.8) is 0 Å². The van der Waals surface area contributed by atoms with Crippen molar-refractivity contribution < 1.29 is 0 Å². The van der Waals surface area contributed by atoms with Crippen molar-refractivity contribution in [2.45, 2.75) is 86.0 Å². The molecule has 0 radical (unpaired) electrons. The maximum atomic E-state index is 2.55. The molecule has 2 atom stereocenters. The van der Waals surface area contributed by atoms with E-state index in [1.54, 1.807) is 0 Å². The molecule has 0 N–H and O–H groups in total. The molecule has 2 nitrogen and oxygen atoms in total. The molecule has 0 rings (SSSR count). The van der Waals surface area contributed by atoms with Gasteiger partial charge in [0, 0.05) is 24.2 Å². The van der Waals surface area contributed by atoms with E-state index < -0.39 is 0 Å². The molecule has 0 aliphatic carbocycles. The van der Waals surface area contributed by atoms with E-state index in [-0.39, 0.29) is 0 Å². The summed E-state index contributed by atoms with van der Waals surface area (Å²) in [6.45, 7) is 18.6. The molecule has 0 aromatic heterocycles. The standard InChI is InChI=1S/C17H38N2/c1-12(2)16(18(9)14(5)6)11-17(13(3)4)19(10)15(7)8/h12-17H,11H2,1-10H3. The Kier molecular flexibility index (Phi) is 8.23. The van der Waals surface area contributed by atoms with Crippen LogP contribution >= 0.6 is 0 Å². The van der Waals surface area contributed by atoms with Crippen molar-refractivity contribution in [1.82, 2.24) is 9.80 Å². The van der Waals surface area contributed by atoms with Crippen LogP contribution in [-0.2, 0) is 0 Å². The van der Waals surface area contributed by atoms with Crippen molar-refractivity contribution in [1.29, 1.82) is 0 Å². The Morgan fingerprint density at radius 2 is 0.842 bits per heavy atom. The van der Waals surface area contributed by atoms with Crippen LogP contribution in [0.2, 0.25) is 0 Å². The Morgan fingerprint density at radius 3 is 1.00 bits per heavy atom. The highest BCUT2D eigenvalue weighted by molar-refractivity contribution is 4.84. The van der Waals surface area contributed by atoms with Gasteiger partial charge in [0.25, 0.3) is 0 Å². The highest BCUT2D eigenvalue weighted by atomic mass is 15.2. The topological polar surface area (TPSA) is 6.48 Å². The van der Waals surface area contributed by atoms with E-state index in [0.717, 1.165) is 0 Å². The van der Waals surface area contributed by atoms with E-state index >= 15 is 0 Å². The molecule has 0 heterocycles. The molecule has 2 unspecified atom stereocenters. The van der Waals surface area contributed by atoms with Crippen molar-refractivity contribution in [3.05, 3.63) is 0 Å². The molecule has 0 spiro atoms. The zero-order valence-corrected chi connectivity index (χ0v) is 15.1. The van der Waals surface area contributed by atoms with Gasteiger partial charge in [0.1, 0.15) is 0 Å². The lowest BCUT2D eigenvalue weighted by Gasteiger charge is -2.41. The van der Waals surface area contributed by atoms with Gasteiger partial charge < -0.3 is 9.80 Å². The van der Waals surface area contributed by atoms with Crippen LogP contribution in [0.15, 0.2) is 0 Å². The first-order valence-electron chi connectivity index (χ1n) is 8.03. The average molecular weight is 271 g/mol. The van der Waals surface area contributed by atoms with E-state index in [1.807, 2.05) is 0 Å². The first-order chi connectivity index (χ1) is 8.59. The number of nitrogens with zero attached hydrogens (tertiary/aromatic N) is 2. The van der Waals surface area contributed by atoms with Crippen molar-refractivity contribution in [2.24, 2.45) is 11.8 Å². The monoisotopic (exact) mass is 270 g/mol. The molecule has 0 amide bonds. The van der Waals surface area contributed by atoms with Gasteiger partial charge in [-0.05, 0) is 60.0 Å². The van der Waals surface area contributed by atoms with Crippen LogP contribution in [0, 0.1) is 11.8 Å². The summed E-state index contributed by atoms with van der Waals surface area (Å²) in [5.74, 6) is 1.41. The van der Waals surface area contributed by atoms with Crippen LogP contribution in [0.1, 0.15) is 61.8 Å². The minimum atomic E-state index is 0.615. The van der Waals surface area contributed by atoms with Crippen molar-refractivity contribution in [3.8, 4) is 0 Å². The van der Waals surface area contributed by atoms with E-state index in [9.17, 15) is 0 Å². The van der Waals surface area contributed by atoms with Crippen molar-refractivity contribution in [2.75, 3.05) is 14.1 Å². The lowest BCUT2D eigenvalue weighted by Crippen LogP contribution is -2.48. The summed E-state index contributed by atoms with van der Waals surface area (Å²) in [5.41, 5.74) is 0. The summed E-state index contributed by atoms with van der Waals surface area (Å²) in [6, 6.07) is 2.55. The zero-order chi connectivity index (χ0) is 15.3. The maximum absolute atomic E-state index is 2.55. The molecule has 19 heavy (non-hydrogen) atoms. The molecule has 0 aliphatic heterocycles. The van der Waals surface area contributed by atoms with Gasteiger partial charge in [0.05, 0.1) is 0 Å². The molecule has 0 saturated carbocycles. The molecule has 116 valence electrons. The first kappa shape index (κ1) is 18.9. The molecule has 2 heteroatoms. The van der Waals surface area contributed by atoms with E-state index in [0.29, 0.717) is 36.0 Å². The fourth-order valence-electron chi connectivity index (χ4n) is 2.83. The summed E-state index contributed by atoms with van der Waals surface area (Å²) < 4.78 is 0. The maximum Gasteiger partial charge on any atom is 0.0133 e. The predicted molar refractivity (Wildman–Crippen MR) is 87.7 cm³/mol.